The fraction of sp³-hybridized carbons (Fsp3) is 0.357. The number of nitrogens with one attached hydrogen (secondary N) is 1. The Kier molecular flexibility index (Phi) is 4.74. The molecular formula is C14H14BrN5O4. The lowest BCUT2D eigenvalue weighted by atomic mass is 10.3. The lowest BCUT2D eigenvalue weighted by molar-refractivity contribution is -0.672. The Morgan fingerprint density at radius 2 is 2.25 bits per heavy atom. The van der Waals surface area contributed by atoms with Crippen molar-refractivity contribution >= 4 is 45.1 Å². The molecule has 0 spiro atoms. The van der Waals surface area contributed by atoms with E-state index in [9.17, 15) is 15.2 Å². The number of anilines is 1. The van der Waals surface area contributed by atoms with Crippen LogP contribution in [0.15, 0.2) is 27.7 Å². The fourth-order valence-electron chi connectivity index (χ4n) is 2.29. The van der Waals surface area contributed by atoms with E-state index in [4.69, 9.17) is 4.74 Å². The average Bonchev–Trinajstić information content (AvgIpc) is 3.05. The minimum absolute atomic E-state index is 0.0449. The van der Waals surface area contributed by atoms with Crippen LogP contribution < -0.4 is 14.9 Å². The van der Waals surface area contributed by atoms with E-state index < -0.39 is 5.97 Å². The van der Waals surface area contributed by atoms with E-state index in [1.807, 2.05) is 0 Å². The normalized spacial score (nSPS) is 16.5. The summed E-state index contributed by atoms with van der Waals surface area (Å²) in [6.07, 6.45) is 2.07. The van der Waals surface area contributed by atoms with Crippen molar-refractivity contribution in [3.05, 3.63) is 33.1 Å². The molecule has 0 fully saturated rings. The third-order valence-electron chi connectivity index (χ3n) is 3.45. The summed E-state index contributed by atoms with van der Waals surface area (Å²) in [7, 11) is 0. The zero-order chi connectivity index (χ0) is 17.1. The highest BCUT2D eigenvalue weighted by molar-refractivity contribution is 9.10. The van der Waals surface area contributed by atoms with Crippen molar-refractivity contribution in [1.82, 2.24) is 5.10 Å². The molecule has 126 valence electrons. The molecule has 3 rings (SSSR count). The number of carbonyl (C=O) groups is 1. The first-order valence-corrected chi connectivity index (χ1v) is 8.10. The number of benzene rings is 1. The molecule has 1 N–H and O–H groups in total. The van der Waals surface area contributed by atoms with E-state index in [2.05, 4.69) is 31.3 Å². The second kappa shape index (κ2) is 6.95. The first-order valence-electron chi connectivity index (χ1n) is 7.30. The number of rotatable bonds is 5. The van der Waals surface area contributed by atoms with Crippen molar-refractivity contribution in [3.8, 4) is 0 Å². The van der Waals surface area contributed by atoms with E-state index in [0.717, 1.165) is 0 Å². The van der Waals surface area contributed by atoms with Gasteiger partial charge in [-0.15, -0.1) is 0 Å². The Hall–Kier alpha value is -2.49. The molecule has 1 aromatic carbocycles. The summed E-state index contributed by atoms with van der Waals surface area (Å²) >= 11 is 3.24. The van der Waals surface area contributed by atoms with Gasteiger partial charge < -0.3 is 15.2 Å². The van der Waals surface area contributed by atoms with E-state index >= 15 is 0 Å². The molecular weight excluding hydrogens is 382 g/mol. The van der Waals surface area contributed by atoms with E-state index in [1.54, 1.807) is 12.3 Å². The molecule has 2 aromatic rings. The monoisotopic (exact) mass is 395 g/mol. The summed E-state index contributed by atoms with van der Waals surface area (Å²) in [4.78, 5) is 16.0. The predicted octanol–water partition coefficient (Wildman–Crippen LogP) is 0.452. The van der Waals surface area contributed by atoms with Gasteiger partial charge in [0, 0.05) is 34.6 Å². The second-order valence-electron chi connectivity index (χ2n) is 5.17. The van der Waals surface area contributed by atoms with Crippen molar-refractivity contribution in [3.63, 3.8) is 0 Å². The highest BCUT2D eigenvalue weighted by Gasteiger charge is 2.21. The lowest BCUT2D eigenvalue weighted by Gasteiger charge is -2.11. The van der Waals surface area contributed by atoms with Crippen LogP contribution in [0.4, 0.5) is 5.95 Å². The van der Waals surface area contributed by atoms with E-state index in [-0.39, 0.29) is 36.1 Å². The van der Waals surface area contributed by atoms with Crippen LogP contribution in [0.5, 0.6) is 0 Å². The summed E-state index contributed by atoms with van der Waals surface area (Å²) < 4.78 is 6.37. The molecule has 1 atom stereocenters. The number of nitrogens with zero attached hydrogens (tertiary/aromatic N) is 4. The molecule has 0 saturated heterocycles. The van der Waals surface area contributed by atoms with Crippen molar-refractivity contribution in [2.75, 3.05) is 18.4 Å². The molecule has 1 aliphatic heterocycles. The Morgan fingerprint density at radius 1 is 1.42 bits per heavy atom. The zero-order valence-electron chi connectivity index (χ0n) is 12.5. The average molecular weight is 396 g/mol. The van der Waals surface area contributed by atoms with E-state index in [0.29, 0.717) is 27.0 Å². The molecule has 9 nitrogen and oxygen atoms in total. The maximum absolute atomic E-state index is 12.2. The molecule has 0 bridgehead atoms. The standard InChI is InChI=1S/C14H14BrN5O4/c15-9-1-2-11-12(7-9)20(23)18-14(19(11)22)17-6-4-13(21)24-10-3-5-16-8-10/h1-2,7-8,10H,3-6H2,(H,17,18)/t10-/m0/s1. The SMILES string of the molecule is O=C(CCNc1n[n+]([O-])c2cc(Br)ccc2[n+]1[O-])O[C@@H]1C=NCC1. The molecule has 0 radical (unpaired) electrons. The van der Waals surface area contributed by atoms with Crippen LogP contribution in [-0.4, -0.2) is 36.5 Å². The third kappa shape index (κ3) is 3.53. The highest BCUT2D eigenvalue weighted by Crippen LogP contribution is 2.14. The van der Waals surface area contributed by atoms with Gasteiger partial charge in [-0.3, -0.25) is 15.1 Å². The minimum Gasteiger partial charge on any atom is -0.739 e. The first kappa shape index (κ1) is 16.4. The molecule has 10 heteroatoms. The number of hydrogen-bond donors (Lipinski definition) is 1. The Balaban J connectivity index is 1.65. The van der Waals surface area contributed by atoms with Gasteiger partial charge in [-0.05, 0) is 12.1 Å². The smallest absolute Gasteiger partial charge is 0.460 e. The predicted molar refractivity (Wildman–Crippen MR) is 88.3 cm³/mol. The Labute approximate surface area is 145 Å². The Bertz CT molecular complexity index is 813. The van der Waals surface area contributed by atoms with Crippen LogP contribution in [-0.2, 0) is 9.53 Å². The number of ether oxygens (including phenoxy) is 1. The molecule has 0 unspecified atom stereocenters. The summed E-state index contributed by atoms with van der Waals surface area (Å²) in [6.45, 7) is 0.785. The number of carbonyl (C=O) groups excluding carboxylic acids is 1. The molecule has 0 amide bonds. The van der Waals surface area contributed by atoms with Gasteiger partial charge in [0.05, 0.1) is 13.0 Å². The summed E-state index contributed by atoms with van der Waals surface area (Å²) in [6, 6.07) is 4.68. The van der Waals surface area contributed by atoms with Gasteiger partial charge in [-0.1, -0.05) is 15.9 Å². The number of halogens is 1. The van der Waals surface area contributed by atoms with Crippen LogP contribution in [0.3, 0.4) is 0 Å². The molecule has 2 heterocycles. The van der Waals surface area contributed by atoms with Crippen molar-refractivity contribution in [2.45, 2.75) is 18.9 Å². The van der Waals surface area contributed by atoms with Gasteiger partial charge in [-0.25, -0.2) is 4.73 Å². The summed E-state index contributed by atoms with van der Waals surface area (Å²) in [5, 5.41) is 30.5. The van der Waals surface area contributed by atoms with Crippen LogP contribution in [0.25, 0.3) is 11.0 Å². The van der Waals surface area contributed by atoms with Gasteiger partial charge in [-0.2, -0.15) is 0 Å². The number of aromatic nitrogens is 3. The van der Waals surface area contributed by atoms with Gasteiger partial charge in [0.25, 0.3) is 0 Å². The number of fused-ring (bicyclic) bond motifs is 1. The van der Waals surface area contributed by atoms with Gasteiger partial charge in [0.1, 0.15) is 6.10 Å². The number of esters is 1. The number of hydrogen-bond acceptors (Lipinski definition) is 7. The van der Waals surface area contributed by atoms with Gasteiger partial charge in [0.2, 0.25) is 5.10 Å². The summed E-state index contributed by atoms with van der Waals surface area (Å²) in [5.41, 5.74) is 0.320. The fourth-order valence-corrected chi connectivity index (χ4v) is 2.63. The van der Waals surface area contributed by atoms with E-state index in [1.165, 1.54) is 12.1 Å². The molecule has 1 aliphatic rings. The maximum Gasteiger partial charge on any atom is 0.460 e. The zero-order valence-corrected chi connectivity index (χ0v) is 14.1. The van der Waals surface area contributed by atoms with Crippen LogP contribution >= 0.6 is 15.9 Å². The van der Waals surface area contributed by atoms with Gasteiger partial charge in [0.15, 0.2) is 5.52 Å². The highest BCUT2D eigenvalue weighted by atomic mass is 79.9. The molecule has 0 saturated carbocycles. The first-order chi connectivity index (χ1) is 11.5. The molecule has 1 aromatic heterocycles. The third-order valence-corrected chi connectivity index (χ3v) is 3.94. The Morgan fingerprint density at radius 3 is 3.00 bits per heavy atom. The largest absolute Gasteiger partial charge is 0.739 e. The summed E-state index contributed by atoms with van der Waals surface area (Å²) in [5.74, 6) is -0.576. The molecule has 24 heavy (non-hydrogen) atoms. The second-order valence-corrected chi connectivity index (χ2v) is 6.09. The maximum atomic E-state index is 12.2. The lowest BCUT2D eigenvalue weighted by Crippen LogP contribution is -2.44. The number of aliphatic imine (C=N–C) groups is 1. The van der Waals surface area contributed by atoms with Gasteiger partial charge >= 0.3 is 17.4 Å². The van der Waals surface area contributed by atoms with Crippen molar-refractivity contribution < 1.29 is 19.1 Å². The topological polar surface area (TPSA) is 117 Å². The molecule has 0 aliphatic carbocycles. The van der Waals surface area contributed by atoms with Crippen LogP contribution in [0.2, 0.25) is 0 Å². The quantitative estimate of drug-likeness (QED) is 0.446. The van der Waals surface area contributed by atoms with Crippen molar-refractivity contribution in [1.29, 1.82) is 0 Å². The van der Waals surface area contributed by atoms with Crippen molar-refractivity contribution in [2.24, 2.45) is 4.99 Å². The van der Waals surface area contributed by atoms with Crippen LogP contribution in [0, 0.1) is 10.4 Å². The van der Waals surface area contributed by atoms with Crippen LogP contribution in [0.1, 0.15) is 12.8 Å². The minimum atomic E-state index is -0.405.